The zero-order valence-electron chi connectivity index (χ0n) is 17.9. The highest BCUT2D eigenvalue weighted by molar-refractivity contribution is 6.30. The molecule has 1 aromatic heterocycles. The fourth-order valence-electron chi connectivity index (χ4n) is 3.68. The van der Waals surface area contributed by atoms with E-state index in [2.05, 4.69) is 20.2 Å². The van der Waals surface area contributed by atoms with Crippen molar-refractivity contribution in [2.24, 2.45) is 0 Å². The summed E-state index contributed by atoms with van der Waals surface area (Å²) in [7, 11) is 0. The Morgan fingerprint density at radius 1 is 1.10 bits per heavy atom. The molecule has 0 spiro atoms. The molecule has 1 aromatic carbocycles. The fraction of sp³-hybridized carbons (Fsp3) is 0.545. The van der Waals surface area contributed by atoms with Gasteiger partial charge in [0.1, 0.15) is 5.15 Å². The van der Waals surface area contributed by atoms with Crippen LogP contribution in [-0.4, -0.2) is 63.8 Å². The zero-order chi connectivity index (χ0) is 21.0. The Kier molecular flexibility index (Phi) is 6.98. The molecule has 1 aliphatic rings. The van der Waals surface area contributed by atoms with Crippen molar-refractivity contribution in [2.45, 2.75) is 46.2 Å². The monoisotopic (exact) mass is 417 g/mol. The maximum absolute atomic E-state index is 12.2. The van der Waals surface area contributed by atoms with E-state index in [4.69, 9.17) is 11.6 Å². The standard InChI is InChI=1S/C22H32ClN5O/c1-17-19(21(23)28(25-17)18-9-6-5-7-10-18)15-26-11-8-12-27(14-13-26)16-20(29)24-22(2,3)4/h5-7,9-10H,8,11-16H2,1-4H3,(H,24,29). The molecule has 6 nitrogen and oxygen atoms in total. The molecule has 0 atom stereocenters. The van der Waals surface area contributed by atoms with Gasteiger partial charge in [0.2, 0.25) is 5.91 Å². The summed E-state index contributed by atoms with van der Waals surface area (Å²) in [6.07, 6.45) is 1.03. The van der Waals surface area contributed by atoms with Crippen molar-refractivity contribution in [3.63, 3.8) is 0 Å². The molecule has 2 heterocycles. The minimum absolute atomic E-state index is 0.0916. The summed E-state index contributed by atoms with van der Waals surface area (Å²) >= 11 is 6.69. The molecule has 0 unspecified atom stereocenters. The van der Waals surface area contributed by atoms with Crippen LogP contribution in [0.4, 0.5) is 0 Å². The van der Waals surface area contributed by atoms with Gasteiger partial charge in [0, 0.05) is 30.7 Å². The first-order valence-corrected chi connectivity index (χ1v) is 10.7. The van der Waals surface area contributed by atoms with Crippen LogP contribution >= 0.6 is 11.6 Å². The third-order valence-corrected chi connectivity index (χ3v) is 5.46. The number of hydrogen-bond donors (Lipinski definition) is 1. The van der Waals surface area contributed by atoms with Crippen LogP contribution in [0.1, 0.15) is 38.4 Å². The Hall–Kier alpha value is -1.89. The van der Waals surface area contributed by atoms with Crippen LogP contribution in [0.2, 0.25) is 5.15 Å². The predicted octanol–water partition coefficient (Wildman–Crippen LogP) is 3.26. The molecular weight excluding hydrogens is 386 g/mol. The smallest absolute Gasteiger partial charge is 0.234 e. The largest absolute Gasteiger partial charge is 0.350 e. The summed E-state index contributed by atoms with van der Waals surface area (Å²) in [4.78, 5) is 16.9. The van der Waals surface area contributed by atoms with Crippen LogP contribution in [-0.2, 0) is 11.3 Å². The van der Waals surface area contributed by atoms with Crippen molar-refractivity contribution in [2.75, 3.05) is 32.7 Å². The van der Waals surface area contributed by atoms with Gasteiger partial charge in [0.15, 0.2) is 0 Å². The molecule has 7 heteroatoms. The van der Waals surface area contributed by atoms with Gasteiger partial charge in [-0.3, -0.25) is 14.6 Å². The lowest BCUT2D eigenvalue weighted by Crippen LogP contribution is -2.46. The van der Waals surface area contributed by atoms with Gasteiger partial charge in [-0.25, -0.2) is 4.68 Å². The lowest BCUT2D eigenvalue weighted by atomic mass is 10.1. The molecule has 1 N–H and O–H groups in total. The molecule has 1 amide bonds. The van der Waals surface area contributed by atoms with Gasteiger partial charge in [-0.05, 0) is 59.3 Å². The number of rotatable bonds is 5. The summed E-state index contributed by atoms with van der Waals surface area (Å²) in [5.74, 6) is 0.0916. The van der Waals surface area contributed by atoms with Crippen molar-refractivity contribution in [3.8, 4) is 5.69 Å². The lowest BCUT2D eigenvalue weighted by Gasteiger charge is -2.25. The molecular formula is C22H32ClN5O. The molecule has 0 radical (unpaired) electrons. The second-order valence-electron chi connectivity index (χ2n) is 8.81. The Labute approximate surface area is 178 Å². The van der Waals surface area contributed by atoms with Crippen LogP contribution in [0.3, 0.4) is 0 Å². The van der Waals surface area contributed by atoms with Gasteiger partial charge in [-0.15, -0.1) is 0 Å². The van der Waals surface area contributed by atoms with Crippen LogP contribution in [0.15, 0.2) is 30.3 Å². The van der Waals surface area contributed by atoms with Gasteiger partial charge in [0.05, 0.1) is 17.9 Å². The second-order valence-corrected chi connectivity index (χ2v) is 9.16. The summed E-state index contributed by atoms with van der Waals surface area (Å²) in [6.45, 7) is 13.0. The van der Waals surface area contributed by atoms with E-state index in [0.29, 0.717) is 11.7 Å². The second kappa shape index (κ2) is 9.28. The molecule has 0 saturated carbocycles. The van der Waals surface area contributed by atoms with Gasteiger partial charge in [-0.2, -0.15) is 5.10 Å². The Balaban J connectivity index is 1.61. The average Bonchev–Trinajstić information content (AvgIpc) is 2.80. The van der Waals surface area contributed by atoms with E-state index in [-0.39, 0.29) is 11.4 Å². The van der Waals surface area contributed by atoms with Crippen molar-refractivity contribution in [1.29, 1.82) is 0 Å². The number of nitrogens with one attached hydrogen (secondary N) is 1. The summed E-state index contributed by atoms with van der Waals surface area (Å²) in [5, 5.41) is 8.38. The highest BCUT2D eigenvalue weighted by Crippen LogP contribution is 2.25. The van der Waals surface area contributed by atoms with Crippen molar-refractivity contribution < 1.29 is 4.79 Å². The molecule has 2 aromatic rings. The van der Waals surface area contributed by atoms with E-state index in [0.717, 1.165) is 56.1 Å². The minimum Gasteiger partial charge on any atom is -0.350 e. The van der Waals surface area contributed by atoms with E-state index in [1.807, 2.05) is 62.7 Å². The molecule has 0 bridgehead atoms. The molecule has 29 heavy (non-hydrogen) atoms. The summed E-state index contributed by atoms with van der Waals surface area (Å²) in [5.41, 5.74) is 2.82. The molecule has 1 saturated heterocycles. The Morgan fingerprint density at radius 3 is 2.45 bits per heavy atom. The van der Waals surface area contributed by atoms with Crippen LogP contribution in [0, 0.1) is 6.92 Å². The highest BCUT2D eigenvalue weighted by atomic mass is 35.5. The van der Waals surface area contributed by atoms with Crippen molar-refractivity contribution in [3.05, 3.63) is 46.7 Å². The van der Waals surface area contributed by atoms with Crippen molar-refractivity contribution in [1.82, 2.24) is 24.9 Å². The molecule has 158 valence electrons. The maximum atomic E-state index is 12.2. The Morgan fingerprint density at radius 2 is 1.76 bits per heavy atom. The van der Waals surface area contributed by atoms with E-state index in [1.54, 1.807) is 0 Å². The minimum atomic E-state index is -0.192. The predicted molar refractivity (Wildman–Crippen MR) is 118 cm³/mol. The maximum Gasteiger partial charge on any atom is 0.234 e. The topological polar surface area (TPSA) is 53.4 Å². The molecule has 0 aliphatic carbocycles. The number of hydrogen-bond acceptors (Lipinski definition) is 4. The summed E-state index contributed by atoms with van der Waals surface area (Å²) in [6, 6.07) is 9.98. The average molecular weight is 418 g/mol. The summed E-state index contributed by atoms with van der Waals surface area (Å²) < 4.78 is 1.81. The first-order valence-electron chi connectivity index (χ1n) is 10.3. The van der Waals surface area contributed by atoms with Gasteiger partial charge < -0.3 is 5.32 Å². The first kappa shape index (κ1) is 21.8. The molecule has 1 aliphatic heterocycles. The number of aryl methyl sites for hydroxylation is 1. The zero-order valence-corrected chi connectivity index (χ0v) is 18.7. The number of benzene rings is 1. The Bertz CT molecular complexity index is 828. The SMILES string of the molecule is Cc1nn(-c2ccccc2)c(Cl)c1CN1CCCN(CC(=O)NC(C)(C)C)CC1. The van der Waals surface area contributed by atoms with E-state index >= 15 is 0 Å². The number of nitrogens with zero attached hydrogens (tertiary/aromatic N) is 4. The molecule has 3 rings (SSSR count). The normalized spacial score (nSPS) is 16.6. The third kappa shape index (κ3) is 6.04. The van der Waals surface area contributed by atoms with Gasteiger partial charge in [-0.1, -0.05) is 29.8 Å². The first-order chi connectivity index (χ1) is 13.7. The lowest BCUT2D eigenvalue weighted by molar-refractivity contribution is -0.123. The fourth-order valence-corrected chi connectivity index (χ4v) is 4.01. The number of aromatic nitrogens is 2. The number of para-hydroxylation sites is 1. The van der Waals surface area contributed by atoms with Crippen molar-refractivity contribution >= 4 is 17.5 Å². The highest BCUT2D eigenvalue weighted by Gasteiger charge is 2.22. The molecule has 1 fully saturated rings. The van der Waals surface area contributed by atoms with E-state index in [1.165, 1.54) is 0 Å². The van der Waals surface area contributed by atoms with E-state index < -0.39 is 0 Å². The van der Waals surface area contributed by atoms with Gasteiger partial charge >= 0.3 is 0 Å². The van der Waals surface area contributed by atoms with Crippen LogP contribution < -0.4 is 5.32 Å². The van der Waals surface area contributed by atoms with Gasteiger partial charge in [0.25, 0.3) is 0 Å². The van der Waals surface area contributed by atoms with Crippen LogP contribution in [0.5, 0.6) is 0 Å². The van der Waals surface area contributed by atoms with E-state index in [9.17, 15) is 4.79 Å². The number of carbonyl (C=O) groups excluding carboxylic acids is 1. The quantitative estimate of drug-likeness (QED) is 0.811. The number of halogens is 1. The third-order valence-electron chi connectivity index (χ3n) is 5.07. The number of amides is 1. The van der Waals surface area contributed by atoms with Crippen LogP contribution in [0.25, 0.3) is 5.69 Å². The number of carbonyl (C=O) groups is 1.